The Morgan fingerprint density at radius 2 is 1.94 bits per heavy atom. The Balaban J connectivity index is 2.11. The normalized spacial score (nSPS) is 43.6. The van der Waals surface area contributed by atoms with Gasteiger partial charge in [-0.3, -0.25) is 4.79 Å². The van der Waals surface area contributed by atoms with E-state index in [0.717, 1.165) is 19.3 Å². The van der Waals surface area contributed by atoms with Crippen LogP contribution >= 0.6 is 22.6 Å². The van der Waals surface area contributed by atoms with Crippen molar-refractivity contribution in [1.29, 1.82) is 0 Å². The van der Waals surface area contributed by atoms with Crippen molar-refractivity contribution in [2.24, 2.45) is 17.3 Å². The molecular weight excluding hydrogens is 311 g/mol. The molecule has 2 aliphatic carbocycles. The maximum atomic E-state index is 12.1. The maximum Gasteiger partial charge on any atom is 0.136 e. The molecule has 1 nitrogen and oxygen atoms in total. The molecule has 0 aromatic carbocycles. The number of alkyl halides is 1. The van der Waals surface area contributed by atoms with Crippen molar-refractivity contribution < 1.29 is 4.79 Å². The Morgan fingerprint density at radius 3 is 2.56 bits per heavy atom. The summed E-state index contributed by atoms with van der Waals surface area (Å²) in [6, 6.07) is 0. The molecular formula is C14H23IO. The first-order valence-corrected chi connectivity index (χ1v) is 7.61. The maximum absolute atomic E-state index is 12.1. The summed E-state index contributed by atoms with van der Waals surface area (Å²) in [4.78, 5) is 12.1. The summed E-state index contributed by atoms with van der Waals surface area (Å²) in [6.07, 6.45) is 6.81. The van der Waals surface area contributed by atoms with Crippen molar-refractivity contribution in [3.8, 4) is 0 Å². The number of fused-ring (bicyclic) bond motifs is 1. The van der Waals surface area contributed by atoms with Crippen LogP contribution in [0.4, 0.5) is 0 Å². The zero-order chi connectivity index (χ0) is 12.0. The van der Waals surface area contributed by atoms with Crippen molar-refractivity contribution >= 4 is 28.4 Å². The average molecular weight is 334 g/mol. The summed E-state index contributed by atoms with van der Waals surface area (Å²) in [6.45, 7) is 7.03. The van der Waals surface area contributed by atoms with Gasteiger partial charge in [-0.05, 0) is 43.4 Å². The highest BCUT2D eigenvalue weighted by molar-refractivity contribution is 14.1. The topological polar surface area (TPSA) is 17.1 Å². The SMILES string of the molecule is CC1(I)CCCC(=O)[C@@H]2CC(C)(C)[C@@H]2CC1. The van der Waals surface area contributed by atoms with Gasteiger partial charge in [0.25, 0.3) is 0 Å². The Hall–Kier alpha value is 0.400. The van der Waals surface area contributed by atoms with Crippen LogP contribution in [0.1, 0.15) is 59.3 Å². The van der Waals surface area contributed by atoms with Crippen LogP contribution in [0.3, 0.4) is 0 Å². The van der Waals surface area contributed by atoms with Crippen LogP contribution in [0.5, 0.6) is 0 Å². The zero-order valence-electron chi connectivity index (χ0n) is 10.7. The minimum absolute atomic E-state index is 0.403. The number of hydrogen-bond donors (Lipinski definition) is 0. The summed E-state index contributed by atoms with van der Waals surface area (Å²) < 4.78 is 0.415. The van der Waals surface area contributed by atoms with Gasteiger partial charge in [0.05, 0.1) is 0 Å². The lowest BCUT2D eigenvalue weighted by Gasteiger charge is -2.51. The molecule has 1 unspecified atom stereocenters. The van der Waals surface area contributed by atoms with E-state index >= 15 is 0 Å². The zero-order valence-corrected chi connectivity index (χ0v) is 12.8. The van der Waals surface area contributed by atoms with E-state index in [1.807, 2.05) is 0 Å². The fourth-order valence-electron chi connectivity index (χ4n) is 3.57. The molecule has 2 fully saturated rings. The van der Waals surface area contributed by atoms with Crippen LogP contribution in [0.15, 0.2) is 0 Å². The molecule has 0 aromatic heterocycles. The van der Waals surface area contributed by atoms with Gasteiger partial charge in [0.1, 0.15) is 5.78 Å². The Kier molecular flexibility index (Phi) is 3.42. The molecule has 0 radical (unpaired) electrons. The monoisotopic (exact) mass is 334 g/mol. The van der Waals surface area contributed by atoms with Crippen LogP contribution < -0.4 is 0 Å². The van der Waals surface area contributed by atoms with Crippen LogP contribution in [-0.2, 0) is 4.79 Å². The molecule has 3 atom stereocenters. The second-order valence-corrected chi connectivity index (χ2v) is 9.28. The Bertz CT molecular complexity index is 293. The van der Waals surface area contributed by atoms with E-state index in [1.165, 1.54) is 19.3 Å². The molecule has 0 heterocycles. The van der Waals surface area contributed by atoms with Gasteiger partial charge in [-0.2, -0.15) is 0 Å². The van der Waals surface area contributed by atoms with E-state index in [4.69, 9.17) is 0 Å². The predicted molar refractivity (Wildman–Crippen MR) is 75.9 cm³/mol. The number of halogens is 1. The first-order valence-electron chi connectivity index (χ1n) is 6.53. The van der Waals surface area contributed by atoms with Crippen LogP contribution in [0.2, 0.25) is 0 Å². The Labute approximate surface area is 113 Å². The van der Waals surface area contributed by atoms with Crippen molar-refractivity contribution in [2.75, 3.05) is 0 Å². The second-order valence-electron chi connectivity index (χ2n) is 6.68. The molecule has 0 N–H and O–H groups in total. The van der Waals surface area contributed by atoms with Gasteiger partial charge in [0.2, 0.25) is 0 Å². The molecule has 2 saturated carbocycles. The lowest BCUT2D eigenvalue weighted by molar-refractivity contribution is -0.136. The van der Waals surface area contributed by atoms with Crippen LogP contribution in [0, 0.1) is 17.3 Å². The molecule has 92 valence electrons. The minimum Gasteiger partial charge on any atom is -0.299 e. The van der Waals surface area contributed by atoms with Crippen LogP contribution in [-0.4, -0.2) is 9.20 Å². The van der Waals surface area contributed by atoms with Crippen molar-refractivity contribution in [3.05, 3.63) is 0 Å². The molecule has 0 spiro atoms. The number of Topliss-reactive ketones (excluding diaryl/α,β-unsaturated/α-hetero) is 1. The summed E-state index contributed by atoms with van der Waals surface area (Å²) in [5, 5.41) is 0. The van der Waals surface area contributed by atoms with Crippen molar-refractivity contribution in [1.82, 2.24) is 0 Å². The molecule has 0 amide bonds. The fraction of sp³-hybridized carbons (Fsp3) is 0.929. The van der Waals surface area contributed by atoms with Gasteiger partial charge in [-0.25, -0.2) is 0 Å². The largest absolute Gasteiger partial charge is 0.299 e. The highest BCUT2D eigenvalue weighted by Gasteiger charge is 2.50. The summed E-state index contributed by atoms with van der Waals surface area (Å²) in [5.74, 6) is 1.62. The summed E-state index contributed by atoms with van der Waals surface area (Å²) in [7, 11) is 0. The van der Waals surface area contributed by atoms with E-state index < -0.39 is 0 Å². The molecule has 2 aliphatic rings. The van der Waals surface area contributed by atoms with E-state index in [-0.39, 0.29) is 0 Å². The summed E-state index contributed by atoms with van der Waals surface area (Å²) in [5.41, 5.74) is 0.414. The fourth-order valence-corrected chi connectivity index (χ4v) is 4.27. The number of ketones is 1. The third kappa shape index (κ3) is 2.46. The third-order valence-electron chi connectivity index (χ3n) is 4.75. The van der Waals surface area contributed by atoms with Crippen molar-refractivity contribution in [3.63, 3.8) is 0 Å². The average Bonchev–Trinajstić information content (AvgIpc) is 2.16. The molecule has 2 rings (SSSR count). The van der Waals surface area contributed by atoms with E-state index in [2.05, 4.69) is 43.4 Å². The molecule has 0 aliphatic heterocycles. The summed E-state index contributed by atoms with van der Waals surface area (Å²) >= 11 is 2.60. The molecule has 0 bridgehead atoms. The van der Waals surface area contributed by atoms with E-state index in [1.54, 1.807) is 0 Å². The minimum atomic E-state index is 0.403. The lowest BCUT2D eigenvalue weighted by atomic mass is 9.53. The smallest absolute Gasteiger partial charge is 0.136 e. The molecule has 2 heteroatoms. The molecule has 16 heavy (non-hydrogen) atoms. The van der Waals surface area contributed by atoms with Gasteiger partial charge in [-0.15, -0.1) is 0 Å². The quantitative estimate of drug-likeness (QED) is 0.475. The standard InChI is InChI=1S/C14H23IO/c1-13(2)9-10-11(13)6-8-14(3,15)7-4-5-12(10)16/h10-11H,4-9H2,1-3H3/t10-,11-,14?/m1/s1. The first kappa shape index (κ1) is 12.8. The first-order chi connectivity index (χ1) is 7.32. The number of hydrogen-bond acceptors (Lipinski definition) is 1. The van der Waals surface area contributed by atoms with Crippen LogP contribution in [0.25, 0.3) is 0 Å². The van der Waals surface area contributed by atoms with E-state index in [0.29, 0.717) is 26.5 Å². The van der Waals surface area contributed by atoms with Gasteiger partial charge < -0.3 is 0 Å². The van der Waals surface area contributed by atoms with E-state index in [9.17, 15) is 4.79 Å². The van der Waals surface area contributed by atoms with Gasteiger partial charge in [0.15, 0.2) is 0 Å². The van der Waals surface area contributed by atoms with Gasteiger partial charge >= 0.3 is 0 Å². The molecule has 0 aromatic rings. The second kappa shape index (κ2) is 4.25. The highest BCUT2D eigenvalue weighted by atomic mass is 127. The highest BCUT2D eigenvalue weighted by Crippen LogP contribution is 2.55. The number of rotatable bonds is 0. The third-order valence-corrected chi connectivity index (χ3v) is 5.83. The Morgan fingerprint density at radius 1 is 1.25 bits per heavy atom. The lowest BCUT2D eigenvalue weighted by Crippen LogP contribution is -2.47. The van der Waals surface area contributed by atoms with Crippen molar-refractivity contribution in [2.45, 2.75) is 62.7 Å². The molecule has 0 saturated heterocycles. The number of carbonyl (C=O) groups excluding carboxylic acids is 1. The van der Waals surface area contributed by atoms with Gasteiger partial charge in [0, 0.05) is 15.8 Å². The number of carbonyl (C=O) groups is 1. The van der Waals surface area contributed by atoms with Gasteiger partial charge in [-0.1, -0.05) is 43.4 Å². The predicted octanol–water partition coefficient (Wildman–Crippen LogP) is 4.38.